The van der Waals surface area contributed by atoms with Gasteiger partial charge in [-0.2, -0.15) is 13.2 Å². The normalized spacial score (nSPS) is 23.1. The number of amides is 4. The number of hydrogen-bond donors (Lipinski definition) is 0. The first kappa shape index (κ1) is 26.7. The lowest BCUT2D eigenvalue weighted by Crippen LogP contribution is -2.49. The van der Waals surface area contributed by atoms with Crippen LogP contribution in [0.4, 0.5) is 13.2 Å². The van der Waals surface area contributed by atoms with Gasteiger partial charge >= 0.3 is 6.18 Å². The van der Waals surface area contributed by atoms with E-state index in [0.29, 0.717) is 32.5 Å². The number of likely N-dealkylation sites (tertiary alicyclic amines) is 2. The molecule has 0 saturated carbocycles. The van der Waals surface area contributed by atoms with Crippen molar-refractivity contribution in [1.82, 2.24) is 14.7 Å². The van der Waals surface area contributed by atoms with Crippen LogP contribution in [0, 0.1) is 5.92 Å². The molecule has 2 aliphatic rings. The first-order chi connectivity index (χ1) is 16.5. The van der Waals surface area contributed by atoms with Crippen molar-refractivity contribution in [2.75, 3.05) is 32.7 Å². The number of likely N-dealkylation sites (N-methyl/N-ethyl adjacent to an activating group) is 1. The van der Waals surface area contributed by atoms with Crippen LogP contribution in [-0.4, -0.2) is 71.1 Å². The Morgan fingerprint density at radius 2 is 1.83 bits per heavy atom. The average Bonchev–Trinajstić information content (AvgIpc) is 3.08. The molecule has 0 aliphatic carbocycles. The molecule has 1 aromatic carbocycles. The van der Waals surface area contributed by atoms with Crippen molar-refractivity contribution in [1.29, 1.82) is 0 Å². The van der Waals surface area contributed by atoms with Crippen LogP contribution in [0.25, 0.3) is 0 Å². The van der Waals surface area contributed by atoms with Gasteiger partial charge in [0.25, 0.3) is 0 Å². The Hall–Kier alpha value is -2.91. The lowest BCUT2D eigenvalue weighted by atomic mass is 9.75. The molecule has 1 aromatic rings. The third-order valence-electron chi connectivity index (χ3n) is 7.12. The standard InChI is InChI=1S/C25H32F3N3O4/c1-4-29(5-2)22(34)17-9-8-12-30(16-17)20(32)14-24(15-21(33)31(6-3)23(24)35)18-10-7-11-19(13-18)25(26,27)28/h7,10-11,13,17H,4-6,8-9,12,14-16H2,1-3H3/t17-,24-/m0/s1. The summed E-state index contributed by atoms with van der Waals surface area (Å²) in [6, 6.07) is 4.32. The number of piperidine rings is 1. The molecular weight excluding hydrogens is 463 g/mol. The van der Waals surface area contributed by atoms with Gasteiger partial charge in [0.05, 0.1) is 16.9 Å². The largest absolute Gasteiger partial charge is 0.416 e. The first-order valence-electron chi connectivity index (χ1n) is 12.1. The highest BCUT2D eigenvalue weighted by molar-refractivity contribution is 6.10. The van der Waals surface area contributed by atoms with E-state index in [4.69, 9.17) is 0 Å². The molecule has 2 fully saturated rings. The van der Waals surface area contributed by atoms with Crippen molar-refractivity contribution >= 4 is 23.6 Å². The zero-order valence-corrected chi connectivity index (χ0v) is 20.4. The highest BCUT2D eigenvalue weighted by Crippen LogP contribution is 2.42. The van der Waals surface area contributed by atoms with E-state index in [1.807, 2.05) is 13.8 Å². The Morgan fingerprint density at radius 3 is 2.40 bits per heavy atom. The molecule has 4 amide bonds. The summed E-state index contributed by atoms with van der Waals surface area (Å²) in [6.45, 7) is 7.13. The van der Waals surface area contributed by atoms with Gasteiger partial charge in [0.2, 0.25) is 23.6 Å². The second-order valence-corrected chi connectivity index (χ2v) is 9.15. The predicted octanol–water partition coefficient (Wildman–Crippen LogP) is 3.22. The molecule has 0 aromatic heterocycles. The van der Waals surface area contributed by atoms with Crippen molar-refractivity contribution in [2.24, 2.45) is 5.92 Å². The van der Waals surface area contributed by atoms with Crippen LogP contribution < -0.4 is 0 Å². The maximum Gasteiger partial charge on any atom is 0.416 e. The Balaban J connectivity index is 1.92. The van der Waals surface area contributed by atoms with Crippen molar-refractivity contribution < 1.29 is 32.3 Å². The topological polar surface area (TPSA) is 78.0 Å². The molecule has 10 heteroatoms. The van der Waals surface area contributed by atoms with Gasteiger partial charge in [-0.3, -0.25) is 24.1 Å². The van der Waals surface area contributed by atoms with Crippen LogP contribution in [0.5, 0.6) is 0 Å². The quantitative estimate of drug-likeness (QED) is 0.545. The van der Waals surface area contributed by atoms with Crippen LogP contribution >= 0.6 is 0 Å². The molecule has 35 heavy (non-hydrogen) atoms. The maximum absolute atomic E-state index is 13.4. The summed E-state index contributed by atoms with van der Waals surface area (Å²) in [5.41, 5.74) is -2.65. The van der Waals surface area contributed by atoms with Crippen LogP contribution in [-0.2, 0) is 30.8 Å². The fraction of sp³-hybridized carbons (Fsp3) is 0.600. The molecule has 0 spiro atoms. The SMILES string of the molecule is CCN(CC)C(=O)[C@H]1CCCN(C(=O)C[C@@]2(c3cccc(C(F)(F)F)c3)CC(=O)N(CC)C2=O)C1. The zero-order valence-electron chi connectivity index (χ0n) is 20.4. The smallest absolute Gasteiger partial charge is 0.343 e. The Labute approximate surface area is 203 Å². The van der Waals surface area contributed by atoms with E-state index in [1.165, 1.54) is 17.0 Å². The summed E-state index contributed by atoms with van der Waals surface area (Å²) in [5, 5.41) is 0. The van der Waals surface area contributed by atoms with E-state index in [9.17, 15) is 32.3 Å². The number of imide groups is 1. The summed E-state index contributed by atoms with van der Waals surface area (Å²) in [4.78, 5) is 56.5. The van der Waals surface area contributed by atoms with Crippen LogP contribution in [0.1, 0.15) is 57.6 Å². The van der Waals surface area contributed by atoms with E-state index in [-0.39, 0.29) is 36.9 Å². The van der Waals surface area contributed by atoms with Crippen molar-refractivity contribution in [3.8, 4) is 0 Å². The van der Waals surface area contributed by atoms with Gasteiger partial charge in [0.1, 0.15) is 0 Å². The van der Waals surface area contributed by atoms with Crippen LogP contribution in [0.3, 0.4) is 0 Å². The first-order valence-corrected chi connectivity index (χ1v) is 12.1. The average molecular weight is 496 g/mol. The molecule has 192 valence electrons. The van der Waals surface area contributed by atoms with Crippen molar-refractivity contribution in [2.45, 2.75) is 58.0 Å². The molecule has 0 N–H and O–H groups in total. The number of carbonyl (C=O) groups excluding carboxylic acids is 4. The fourth-order valence-corrected chi connectivity index (χ4v) is 5.15. The van der Waals surface area contributed by atoms with E-state index in [2.05, 4.69) is 0 Å². The third-order valence-corrected chi connectivity index (χ3v) is 7.12. The van der Waals surface area contributed by atoms with Gasteiger partial charge < -0.3 is 9.80 Å². The number of carbonyl (C=O) groups is 4. The van der Waals surface area contributed by atoms with Gasteiger partial charge in [0, 0.05) is 45.6 Å². The minimum atomic E-state index is -4.64. The summed E-state index contributed by atoms with van der Waals surface area (Å²) in [7, 11) is 0. The number of rotatable bonds is 7. The van der Waals surface area contributed by atoms with Crippen molar-refractivity contribution in [3.63, 3.8) is 0 Å². The van der Waals surface area contributed by atoms with Crippen LogP contribution in [0.2, 0.25) is 0 Å². The Morgan fingerprint density at radius 1 is 1.14 bits per heavy atom. The molecule has 2 atom stereocenters. The molecule has 2 heterocycles. The van der Waals surface area contributed by atoms with Gasteiger partial charge in [-0.25, -0.2) is 0 Å². The van der Waals surface area contributed by atoms with E-state index in [0.717, 1.165) is 17.0 Å². The maximum atomic E-state index is 13.4. The number of alkyl halides is 3. The van der Waals surface area contributed by atoms with E-state index >= 15 is 0 Å². The Kier molecular flexibility index (Phi) is 7.91. The molecule has 2 aliphatic heterocycles. The van der Waals surface area contributed by atoms with Gasteiger partial charge in [0.15, 0.2) is 0 Å². The highest BCUT2D eigenvalue weighted by atomic mass is 19.4. The molecule has 0 bridgehead atoms. The monoisotopic (exact) mass is 495 g/mol. The van der Waals surface area contributed by atoms with Gasteiger partial charge in [-0.1, -0.05) is 18.2 Å². The summed E-state index contributed by atoms with van der Waals surface area (Å²) >= 11 is 0. The fourth-order valence-electron chi connectivity index (χ4n) is 5.15. The number of nitrogens with zero attached hydrogens (tertiary/aromatic N) is 3. The minimum Gasteiger partial charge on any atom is -0.343 e. The van der Waals surface area contributed by atoms with E-state index < -0.39 is 41.3 Å². The summed E-state index contributed by atoms with van der Waals surface area (Å²) in [5.74, 6) is -2.03. The lowest BCUT2D eigenvalue weighted by molar-refractivity contribution is -0.145. The molecular formula is C25H32F3N3O4. The second kappa shape index (κ2) is 10.4. The van der Waals surface area contributed by atoms with Crippen LogP contribution in [0.15, 0.2) is 24.3 Å². The second-order valence-electron chi connectivity index (χ2n) is 9.15. The number of benzene rings is 1. The van der Waals surface area contributed by atoms with Gasteiger partial charge in [-0.05, 0) is 45.2 Å². The van der Waals surface area contributed by atoms with Crippen molar-refractivity contribution in [3.05, 3.63) is 35.4 Å². The van der Waals surface area contributed by atoms with E-state index in [1.54, 1.807) is 11.8 Å². The molecule has 0 unspecified atom stereocenters. The summed E-state index contributed by atoms with van der Waals surface area (Å²) < 4.78 is 40.3. The minimum absolute atomic E-state index is 0.00255. The third kappa shape index (κ3) is 5.21. The summed E-state index contributed by atoms with van der Waals surface area (Å²) in [6.07, 6.45) is -4.20. The number of halogens is 3. The highest BCUT2D eigenvalue weighted by Gasteiger charge is 2.54. The molecule has 7 nitrogen and oxygen atoms in total. The molecule has 0 radical (unpaired) electrons. The molecule has 2 saturated heterocycles. The predicted molar refractivity (Wildman–Crippen MR) is 122 cm³/mol. The Bertz CT molecular complexity index is 992. The van der Waals surface area contributed by atoms with Gasteiger partial charge in [-0.15, -0.1) is 0 Å². The lowest BCUT2D eigenvalue weighted by Gasteiger charge is -2.36. The molecule has 3 rings (SSSR count). The number of hydrogen-bond acceptors (Lipinski definition) is 4. The zero-order chi connectivity index (χ0) is 26.0.